The van der Waals surface area contributed by atoms with Crippen molar-refractivity contribution in [3.63, 3.8) is 0 Å². The second-order valence-electron chi connectivity index (χ2n) is 3.55. The summed E-state index contributed by atoms with van der Waals surface area (Å²) in [5, 5.41) is 1.20. The van der Waals surface area contributed by atoms with E-state index in [4.69, 9.17) is 16.0 Å². The number of hydrogen-bond donors (Lipinski definition) is 0. The average molecular weight is 253 g/mol. The lowest BCUT2D eigenvalue weighted by Gasteiger charge is -2.26. The SMILES string of the molecule is C=C[Si](C=C)(OCCCl)c1ccccc1C. The summed E-state index contributed by atoms with van der Waals surface area (Å²) in [5.74, 6) is 0.488. The zero-order valence-electron chi connectivity index (χ0n) is 9.58. The average Bonchev–Trinajstić information content (AvgIpc) is 2.33. The molecule has 0 aliphatic rings. The highest BCUT2D eigenvalue weighted by Gasteiger charge is 2.31. The van der Waals surface area contributed by atoms with Crippen molar-refractivity contribution >= 4 is 25.1 Å². The Morgan fingerprint density at radius 3 is 2.44 bits per heavy atom. The molecule has 0 amide bonds. The molecule has 0 aliphatic carbocycles. The molecule has 1 aromatic rings. The largest absolute Gasteiger partial charge is 0.404 e. The molecule has 0 radical (unpaired) electrons. The van der Waals surface area contributed by atoms with Gasteiger partial charge in [-0.15, -0.1) is 24.8 Å². The molecule has 0 saturated carbocycles. The molecule has 1 aromatic carbocycles. The molecule has 3 heteroatoms. The highest BCUT2D eigenvalue weighted by Crippen LogP contribution is 2.12. The summed E-state index contributed by atoms with van der Waals surface area (Å²) in [6.45, 7) is 10.4. The Morgan fingerprint density at radius 1 is 1.31 bits per heavy atom. The van der Waals surface area contributed by atoms with Crippen LogP contribution in [0.1, 0.15) is 5.56 Å². The van der Waals surface area contributed by atoms with Crippen molar-refractivity contribution in [2.24, 2.45) is 0 Å². The van der Waals surface area contributed by atoms with Crippen LogP contribution in [0.4, 0.5) is 0 Å². The Labute approximate surface area is 104 Å². The Kier molecular flexibility index (Phi) is 4.99. The van der Waals surface area contributed by atoms with Crippen molar-refractivity contribution in [1.29, 1.82) is 0 Å². The molecule has 1 rings (SSSR count). The van der Waals surface area contributed by atoms with Gasteiger partial charge in [-0.1, -0.05) is 35.7 Å². The van der Waals surface area contributed by atoms with Crippen LogP contribution in [0, 0.1) is 6.92 Å². The van der Waals surface area contributed by atoms with Gasteiger partial charge < -0.3 is 4.43 Å². The van der Waals surface area contributed by atoms with Crippen molar-refractivity contribution in [1.82, 2.24) is 0 Å². The zero-order chi connectivity index (χ0) is 12.0. The molecular formula is C13H17ClOSi. The summed E-state index contributed by atoms with van der Waals surface area (Å²) in [6, 6.07) is 8.19. The summed E-state index contributed by atoms with van der Waals surface area (Å²) in [5.41, 5.74) is 5.01. The van der Waals surface area contributed by atoms with Gasteiger partial charge >= 0.3 is 0 Å². The maximum atomic E-state index is 5.91. The van der Waals surface area contributed by atoms with E-state index in [1.165, 1.54) is 10.8 Å². The van der Waals surface area contributed by atoms with Gasteiger partial charge in [-0.25, -0.2) is 0 Å². The molecule has 0 aliphatic heterocycles. The summed E-state index contributed by atoms with van der Waals surface area (Å²) in [6.07, 6.45) is 0. The highest BCUT2D eigenvalue weighted by molar-refractivity contribution is 6.95. The first-order valence-electron chi connectivity index (χ1n) is 5.23. The van der Waals surface area contributed by atoms with Crippen LogP contribution in [0.5, 0.6) is 0 Å². The third-order valence-electron chi connectivity index (χ3n) is 2.59. The maximum Gasteiger partial charge on any atom is 0.272 e. The van der Waals surface area contributed by atoms with E-state index in [2.05, 4.69) is 32.2 Å². The van der Waals surface area contributed by atoms with Crippen LogP contribution in [-0.4, -0.2) is 20.8 Å². The van der Waals surface area contributed by atoms with E-state index in [1.807, 2.05) is 23.5 Å². The van der Waals surface area contributed by atoms with Gasteiger partial charge in [0.25, 0.3) is 8.32 Å². The van der Waals surface area contributed by atoms with Gasteiger partial charge in [-0.05, 0) is 17.7 Å². The molecule has 0 unspecified atom stereocenters. The smallest absolute Gasteiger partial charge is 0.272 e. The fraction of sp³-hybridized carbons (Fsp3) is 0.231. The molecule has 0 bridgehead atoms. The lowest BCUT2D eigenvalue weighted by Crippen LogP contribution is -2.49. The topological polar surface area (TPSA) is 9.23 Å². The molecule has 0 fully saturated rings. The fourth-order valence-corrected chi connectivity index (χ4v) is 4.42. The highest BCUT2D eigenvalue weighted by atomic mass is 35.5. The molecule has 0 aromatic heterocycles. The van der Waals surface area contributed by atoms with Crippen molar-refractivity contribution in [2.75, 3.05) is 12.5 Å². The van der Waals surface area contributed by atoms with Crippen molar-refractivity contribution in [2.45, 2.75) is 6.92 Å². The molecule has 0 atom stereocenters. The quantitative estimate of drug-likeness (QED) is 0.559. The summed E-state index contributed by atoms with van der Waals surface area (Å²) < 4.78 is 5.91. The number of rotatable bonds is 6. The Morgan fingerprint density at radius 2 is 1.94 bits per heavy atom. The lowest BCUT2D eigenvalue weighted by molar-refractivity contribution is 0.348. The molecule has 86 valence electrons. The first-order chi connectivity index (χ1) is 7.70. The van der Waals surface area contributed by atoms with E-state index in [9.17, 15) is 0 Å². The van der Waals surface area contributed by atoms with Gasteiger partial charge in [0.2, 0.25) is 0 Å². The van der Waals surface area contributed by atoms with Gasteiger partial charge in [0.1, 0.15) is 0 Å². The third-order valence-corrected chi connectivity index (χ3v) is 6.04. The van der Waals surface area contributed by atoms with E-state index >= 15 is 0 Å². The van der Waals surface area contributed by atoms with E-state index in [-0.39, 0.29) is 0 Å². The minimum Gasteiger partial charge on any atom is -0.404 e. The molecule has 0 N–H and O–H groups in total. The maximum absolute atomic E-state index is 5.91. The summed E-state index contributed by atoms with van der Waals surface area (Å²) >= 11 is 5.68. The molecule has 0 saturated heterocycles. The summed E-state index contributed by atoms with van der Waals surface area (Å²) in [4.78, 5) is 0. The van der Waals surface area contributed by atoms with Crippen LogP contribution in [0.2, 0.25) is 0 Å². The Bertz CT molecular complexity index is 368. The monoisotopic (exact) mass is 252 g/mol. The van der Waals surface area contributed by atoms with Crippen LogP contribution >= 0.6 is 11.6 Å². The standard InChI is InChI=1S/C13H17ClOSi/c1-4-16(5-2,15-11-10-14)13-9-7-6-8-12(13)3/h4-9H,1-2,10-11H2,3H3. The molecule has 16 heavy (non-hydrogen) atoms. The van der Waals surface area contributed by atoms with E-state index in [0.717, 1.165) is 0 Å². The predicted octanol–water partition coefficient (Wildman–Crippen LogP) is 2.85. The predicted molar refractivity (Wildman–Crippen MR) is 73.6 cm³/mol. The van der Waals surface area contributed by atoms with Crippen LogP contribution in [0.25, 0.3) is 0 Å². The first kappa shape index (κ1) is 13.2. The van der Waals surface area contributed by atoms with Crippen LogP contribution < -0.4 is 5.19 Å². The normalized spacial score (nSPS) is 11.1. The van der Waals surface area contributed by atoms with Gasteiger partial charge in [0.05, 0.1) is 0 Å². The Hall–Kier alpha value is -0.833. The Balaban J connectivity index is 3.15. The zero-order valence-corrected chi connectivity index (χ0v) is 11.3. The minimum absolute atomic E-state index is 0.488. The van der Waals surface area contributed by atoms with Crippen LogP contribution in [0.15, 0.2) is 48.8 Å². The second-order valence-corrected chi connectivity index (χ2v) is 7.16. The number of alkyl halides is 1. The molecule has 0 heterocycles. The summed E-state index contributed by atoms with van der Waals surface area (Å²) in [7, 11) is -2.24. The van der Waals surface area contributed by atoms with Crippen LogP contribution in [-0.2, 0) is 4.43 Å². The van der Waals surface area contributed by atoms with Gasteiger partial charge in [0.15, 0.2) is 0 Å². The molecule has 1 nitrogen and oxygen atoms in total. The number of benzene rings is 1. The van der Waals surface area contributed by atoms with Gasteiger partial charge in [-0.3, -0.25) is 0 Å². The second kappa shape index (κ2) is 6.04. The van der Waals surface area contributed by atoms with Gasteiger partial charge in [0, 0.05) is 12.5 Å². The molecule has 0 spiro atoms. The fourth-order valence-electron chi connectivity index (χ4n) is 1.72. The third kappa shape index (κ3) is 2.64. The number of halogens is 1. The lowest BCUT2D eigenvalue weighted by atomic mass is 10.2. The number of hydrogen-bond acceptors (Lipinski definition) is 1. The minimum atomic E-state index is -2.24. The van der Waals surface area contributed by atoms with E-state index in [0.29, 0.717) is 12.5 Å². The van der Waals surface area contributed by atoms with Crippen LogP contribution in [0.3, 0.4) is 0 Å². The first-order valence-corrected chi connectivity index (χ1v) is 7.83. The van der Waals surface area contributed by atoms with Crippen molar-refractivity contribution in [3.05, 3.63) is 54.4 Å². The van der Waals surface area contributed by atoms with Gasteiger partial charge in [-0.2, -0.15) is 0 Å². The molecular weight excluding hydrogens is 236 g/mol. The van der Waals surface area contributed by atoms with Crippen molar-refractivity contribution < 1.29 is 4.43 Å². The van der Waals surface area contributed by atoms with Crippen molar-refractivity contribution in [3.8, 4) is 0 Å². The number of aryl methyl sites for hydroxylation is 1. The van der Waals surface area contributed by atoms with E-state index in [1.54, 1.807) is 0 Å². The van der Waals surface area contributed by atoms with E-state index < -0.39 is 8.32 Å².